The summed E-state index contributed by atoms with van der Waals surface area (Å²) in [6, 6.07) is 0. The number of allylic oxidation sites excluding steroid dienone is 4. The highest BCUT2D eigenvalue weighted by molar-refractivity contribution is 5.49. The number of rotatable bonds is 1. The van der Waals surface area contributed by atoms with Gasteiger partial charge in [-0.15, -0.1) is 0 Å². The Balaban J connectivity index is 1.61. The van der Waals surface area contributed by atoms with Crippen LogP contribution in [0.2, 0.25) is 0 Å². The van der Waals surface area contributed by atoms with Crippen LogP contribution < -0.4 is 0 Å². The number of fused-ring (bicyclic) bond motifs is 7. The van der Waals surface area contributed by atoms with Crippen LogP contribution in [0.15, 0.2) is 23.3 Å². The summed E-state index contributed by atoms with van der Waals surface area (Å²) in [5, 5.41) is 11.5. The molecule has 0 spiro atoms. The summed E-state index contributed by atoms with van der Waals surface area (Å²) in [7, 11) is 0. The van der Waals surface area contributed by atoms with Crippen molar-refractivity contribution < 1.29 is 5.11 Å². The van der Waals surface area contributed by atoms with Crippen molar-refractivity contribution in [2.45, 2.75) is 113 Å². The van der Waals surface area contributed by atoms with Crippen LogP contribution >= 0.6 is 0 Å². The highest BCUT2D eigenvalue weighted by Crippen LogP contribution is 2.75. The molecular weight excluding hydrogens is 376 g/mol. The van der Waals surface area contributed by atoms with E-state index in [2.05, 4.69) is 67.5 Å². The maximum absolute atomic E-state index is 11.5. The largest absolute Gasteiger partial charge is 0.393 e. The van der Waals surface area contributed by atoms with E-state index in [-0.39, 0.29) is 22.3 Å². The molecule has 1 heteroatoms. The maximum atomic E-state index is 11.5. The van der Waals surface area contributed by atoms with E-state index >= 15 is 0 Å². The second-order valence-corrected chi connectivity index (χ2v) is 14.4. The van der Waals surface area contributed by atoms with Gasteiger partial charge in [0.15, 0.2) is 0 Å². The van der Waals surface area contributed by atoms with E-state index in [1.807, 2.05) is 0 Å². The highest BCUT2D eigenvalue weighted by Gasteiger charge is 2.68. The van der Waals surface area contributed by atoms with E-state index < -0.39 is 0 Å². The Morgan fingerprint density at radius 1 is 0.903 bits per heavy atom. The Morgan fingerprint density at radius 3 is 2.29 bits per heavy atom. The maximum Gasteiger partial charge on any atom is 0.0582 e. The second-order valence-electron chi connectivity index (χ2n) is 14.4. The Morgan fingerprint density at radius 2 is 1.61 bits per heavy atom. The minimum Gasteiger partial charge on any atom is -0.393 e. The number of hydrogen-bond donors (Lipinski definition) is 1. The van der Waals surface area contributed by atoms with Crippen LogP contribution in [0.4, 0.5) is 0 Å². The summed E-state index contributed by atoms with van der Waals surface area (Å²) in [6.45, 7) is 20.1. The number of aliphatic hydroxyl groups excluding tert-OH is 1. The molecule has 0 saturated heterocycles. The van der Waals surface area contributed by atoms with Crippen LogP contribution in [0.3, 0.4) is 0 Å². The van der Waals surface area contributed by atoms with Crippen molar-refractivity contribution in [3.63, 3.8) is 0 Å². The Labute approximate surface area is 192 Å². The van der Waals surface area contributed by atoms with Gasteiger partial charge < -0.3 is 5.11 Å². The smallest absolute Gasteiger partial charge is 0.0582 e. The molecule has 1 N–H and O–H groups in total. The third-order valence-corrected chi connectivity index (χ3v) is 12.4. The van der Waals surface area contributed by atoms with Gasteiger partial charge in [0.1, 0.15) is 0 Å². The second kappa shape index (κ2) is 6.52. The van der Waals surface area contributed by atoms with Crippen LogP contribution in [0.5, 0.6) is 0 Å². The fourth-order valence-electron chi connectivity index (χ4n) is 10.7. The zero-order chi connectivity index (χ0) is 22.6. The van der Waals surface area contributed by atoms with Crippen molar-refractivity contribution in [1.82, 2.24) is 0 Å². The molecule has 5 aliphatic carbocycles. The molecular formula is C30H48O. The first-order valence-corrected chi connectivity index (χ1v) is 13.4. The minimum absolute atomic E-state index is 0.141. The molecule has 5 rings (SSSR count). The Hall–Kier alpha value is -0.560. The lowest BCUT2D eigenvalue weighted by Crippen LogP contribution is -2.59. The van der Waals surface area contributed by atoms with E-state index in [1.54, 1.807) is 11.1 Å². The molecule has 3 fully saturated rings. The molecule has 0 aromatic rings. The van der Waals surface area contributed by atoms with Crippen molar-refractivity contribution in [1.29, 1.82) is 0 Å². The third-order valence-electron chi connectivity index (χ3n) is 12.4. The lowest BCUT2D eigenvalue weighted by atomic mass is 9.38. The zero-order valence-corrected chi connectivity index (χ0v) is 21.6. The van der Waals surface area contributed by atoms with Gasteiger partial charge in [-0.1, -0.05) is 74.0 Å². The quantitative estimate of drug-likeness (QED) is 0.453. The topological polar surface area (TPSA) is 20.2 Å². The van der Waals surface area contributed by atoms with Gasteiger partial charge in [-0.2, -0.15) is 0 Å². The van der Waals surface area contributed by atoms with E-state index in [9.17, 15) is 5.11 Å². The van der Waals surface area contributed by atoms with Gasteiger partial charge in [-0.25, -0.2) is 0 Å². The first-order valence-electron chi connectivity index (χ1n) is 13.4. The molecule has 0 amide bonds. The first-order chi connectivity index (χ1) is 14.3. The molecule has 0 unspecified atom stereocenters. The van der Waals surface area contributed by atoms with Crippen LogP contribution in [-0.4, -0.2) is 11.2 Å². The average Bonchev–Trinajstić information content (AvgIpc) is 2.94. The molecule has 0 aliphatic heterocycles. The van der Waals surface area contributed by atoms with Crippen molar-refractivity contribution in [2.75, 3.05) is 0 Å². The van der Waals surface area contributed by atoms with Gasteiger partial charge in [0, 0.05) is 0 Å². The molecule has 5 aliphatic rings. The minimum atomic E-state index is -0.141. The van der Waals surface area contributed by atoms with Gasteiger partial charge in [0.05, 0.1) is 6.10 Å². The SMILES string of the molecule is CC(C)[C@H]1C[C@@H](O)[C@@H]2[C@]1(C)CC[C@]1(C)C3=CC[C@H]4C(C)(C)CCC[C@]4(C)C3=CC[C@@]21C. The van der Waals surface area contributed by atoms with Crippen molar-refractivity contribution in [2.24, 2.45) is 50.7 Å². The molecule has 0 radical (unpaired) electrons. The Bertz CT molecular complexity index is 831. The van der Waals surface area contributed by atoms with Crippen LogP contribution in [0, 0.1) is 50.7 Å². The van der Waals surface area contributed by atoms with Crippen molar-refractivity contribution in [3.8, 4) is 0 Å². The van der Waals surface area contributed by atoms with Gasteiger partial charge in [-0.05, 0) is 107 Å². The molecule has 174 valence electrons. The lowest BCUT2D eigenvalue weighted by Gasteiger charge is -2.66. The summed E-state index contributed by atoms with van der Waals surface area (Å²) in [6.07, 6.45) is 15.3. The summed E-state index contributed by atoms with van der Waals surface area (Å²) in [5.41, 5.74) is 4.82. The van der Waals surface area contributed by atoms with E-state index in [1.165, 1.54) is 38.5 Å². The van der Waals surface area contributed by atoms with Gasteiger partial charge in [0.25, 0.3) is 0 Å². The normalized spacial score (nSPS) is 53.1. The lowest BCUT2D eigenvalue weighted by molar-refractivity contribution is -0.129. The summed E-state index contributed by atoms with van der Waals surface area (Å²) in [4.78, 5) is 0. The third kappa shape index (κ3) is 2.59. The van der Waals surface area contributed by atoms with E-state index in [0.717, 1.165) is 18.8 Å². The van der Waals surface area contributed by atoms with E-state index in [4.69, 9.17) is 0 Å². The highest BCUT2D eigenvalue weighted by atomic mass is 16.3. The van der Waals surface area contributed by atoms with E-state index in [0.29, 0.717) is 28.6 Å². The van der Waals surface area contributed by atoms with Gasteiger partial charge in [-0.3, -0.25) is 0 Å². The molecule has 0 aromatic carbocycles. The summed E-state index contributed by atoms with van der Waals surface area (Å²) >= 11 is 0. The molecule has 31 heavy (non-hydrogen) atoms. The molecule has 0 bridgehead atoms. The zero-order valence-electron chi connectivity index (χ0n) is 21.6. The summed E-state index contributed by atoms with van der Waals surface area (Å²) < 4.78 is 0. The van der Waals surface area contributed by atoms with Crippen LogP contribution in [0.25, 0.3) is 0 Å². The Kier molecular flexibility index (Phi) is 4.68. The van der Waals surface area contributed by atoms with Gasteiger partial charge in [0.2, 0.25) is 0 Å². The average molecular weight is 425 g/mol. The molecule has 1 nitrogen and oxygen atoms in total. The molecule has 0 heterocycles. The fourth-order valence-corrected chi connectivity index (χ4v) is 10.7. The predicted molar refractivity (Wildman–Crippen MR) is 131 cm³/mol. The fraction of sp³-hybridized carbons (Fsp3) is 0.867. The van der Waals surface area contributed by atoms with Crippen molar-refractivity contribution >= 4 is 0 Å². The van der Waals surface area contributed by atoms with Crippen molar-refractivity contribution in [3.05, 3.63) is 23.3 Å². The number of aliphatic hydroxyl groups is 1. The number of hydrogen-bond acceptors (Lipinski definition) is 1. The molecule has 3 saturated carbocycles. The molecule has 0 aromatic heterocycles. The standard InChI is InChI=1S/C30H48O/c1-19(2)22-18-23(31)25-28(22,6)16-17-29(7)21-10-11-24-26(3,4)13-9-14-27(24,5)20(21)12-15-30(25,29)8/h10,12,19,22-25,31H,9,11,13-18H2,1-8H3/t22-,23-,24+,25-,27-,28-,29-,30+/m1/s1. The van der Waals surface area contributed by atoms with Gasteiger partial charge >= 0.3 is 0 Å². The predicted octanol–water partition coefficient (Wildman–Crippen LogP) is 7.94. The molecule has 8 atom stereocenters. The summed E-state index contributed by atoms with van der Waals surface area (Å²) in [5.74, 6) is 2.50. The van der Waals surface area contributed by atoms with Crippen LogP contribution in [0.1, 0.15) is 107 Å². The monoisotopic (exact) mass is 424 g/mol. The van der Waals surface area contributed by atoms with Crippen LogP contribution in [-0.2, 0) is 0 Å². The first kappa shape index (κ1) is 22.2.